The Balaban J connectivity index is 1.43. The van der Waals surface area contributed by atoms with E-state index < -0.39 is 29.7 Å². The lowest BCUT2D eigenvalue weighted by Gasteiger charge is -2.42. The second-order valence-corrected chi connectivity index (χ2v) is 11.8. The van der Waals surface area contributed by atoms with E-state index in [1.54, 1.807) is 37.8 Å². The van der Waals surface area contributed by atoms with Crippen LogP contribution >= 0.6 is 0 Å². The molecular formula is C31H40FN3O5. The third-order valence-electron chi connectivity index (χ3n) is 7.37. The molecule has 0 aromatic heterocycles. The summed E-state index contributed by atoms with van der Waals surface area (Å²) in [6.45, 7) is 7.24. The number of alkyl carbamates (subject to hydrolysis) is 1. The Morgan fingerprint density at radius 2 is 1.65 bits per heavy atom. The van der Waals surface area contributed by atoms with Gasteiger partial charge >= 0.3 is 12.2 Å². The van der Waals surface area contributed by atoms with E-state index in [4.69, 9.17) is 9.47 Å². The van der Waals surface area contributed by atoms with Crippen molar-refractivity contribution in [3.8, 4) is 0 Å². The summed E-state index contributed by atoms with van der Waals surface area (Å²) >= 11 is 0. The maximum Gasteiger partial charge on any atom is 0.410 e. The van der Waals surface area contributed by atoms with Crippen LogP contribution in [0.1, 0.15) is 51.2 Å². The molecule has 0 spiro atoms. The summed E-state index contributed by atoms with van der Waals surface area (Å²) in [6, 6.07) is 15.4. The average Bonchev–Trinajstić information content (AvgIpc) is 2.93. The molecule has 2 fully saturated rings. The number of piperidine rings is 2. The van der Waals surface area contributed by atoms with E-state index in [1.807, 2.05) is 35.2 Å². The lowest BCUT2D eigenvalue weighted by Crippen LogP contribution is -2.58. The van der Waals surface area contributed by atoms with Crippen molar-refractivity contribution >= 4 is 18.1 Å². The van der Waals surface area contributed by atoms with Crippen molar-refractivity contribution in [2.75, 3.05) is 26.2 Å². The number of likely N-dealkylation sites (tertiary alicyclic amines) is 2. The van der Waals surface area contributed by atoms with Gasteiger partial charge < -0.3 is 24.6 Å². The topological polar surface area (TPSA) is 88.2 Å². The van der Waals surface area contributed by atoms with Gasteiger partial charge in [-0.2, -0.15) is 0 Å². The maximum atomic E-state index is 13.9. The van der Waals surface area contributed by atoms with Crippen molar-refractivity contribution < 1.29 is 28.2 Å². The molecule has 4 rings (SSSR count). The number of ether oxygens (including phenoxy) is 2. The van der Waals surface area contributed by atoms with E-state index in [2.05, 4.69) is 5.32 Å². The van der Waals surface area contributed by atoms with E-state index in [1.165, 1.54) is 12.1 Å². The van der Waals surface area contributed by atoms with Crippen molar-refractivity contribution in [3.05, 3.63) is 71.5 Å². The van der Waals surface area contributed by atoms with Gasteiger partial charge in [0.05, 0.1) is 5.92 Å². The third kappa shape index (κ3) is 8.44. The van der Waals surface area contributed by atoms with Gasteiger partial charge in [0.15, 0.2) is 0 Å². The first-order valence-electron chi connectivity index (χ1n) is 14.1. The van der Waals surface area contributed by atoms with Gasteiger partial charge in [0.2, 0.25) is 5.91 Å². The zero-order valence-corrected chi connectivity index (χ0v) is 23.6. The van der Waals surface area contributed by atoms with Crippen LogP contribution in [0.3, 0.4) is 0 Å². The van der Waals surface area contributed by atoms with Crippen LogP contribution in [-0.4, -0.2) is 65.7 Å². The van der Waals surface area contributed by atoms with Gasteiger partial charge in [0.25, 0.3) is 0 Å². The van der Waals surface area contributed by atoms with Crippen molar-refractivity contribution in [1.82, 2.24) is 15.1 Å². The van der Waals surface area contributed by atoms with Crippen LogP contribution in [0, 0.1) is 17.7 Å². The van der Waals surface area contributed by atoms with Crippen molar-refractivity contribution in [1.29, 1.82) is 0 Å². The Bertz CT molecular complexity index is 1150. The fourth-order valence-electron chi connectivity index (χ4n) is 5.40. The molecule has 0 aliphatic carbocycles. The number of carbonyl (C=O) groups is 3. The number of benzene rings is 2. The third-order valence-corrected chi connectivity index (χ3v) is 7.37. The summed E-state index contributed by atoms with van der Waals surface area (Å²) in [6.07, 6.45) is 1.93. The van der Waals surface area contributed by atoms with E-state index in [-0.39, 0.29) is 30.8 Å². The lowest BCUT2D eigenvalue weighted by atomic mass is 9.87. The largest absolute Gasteiger partial charge is 0.445 e. The van der Waals surface area contributed by atoms with Gasteiger partial charge in [0, 0.05) is 32.2 Å². The van der Waals surface area contributed by atoms with Crippen LogP contribution in [0.4, 0.5) is 14.0 Å². The van der Waals surface area contributed by atoms with E-state index in [9.17, 15) is 18.8 Å². The highest BCUT2D eigenvalue weighted by Gasteiger charge is 2.41. The van der Waals surface area contributed by atoms with Crippen molar-refractivity contribution in [2.45, 2.75) is 64.7 Å². The van der Waals surface area contributed by atoms with Crippen LogP contribution in [0.2, 0.25) is 0 Å². The van der Waals surface area contributed by atoms with Crippen LogP contribution in [0.15, 0.2) is 54.6 Å². The molecule has 216 valence electrons. The Morgan fingerprint density at radius 1 is 0.925 bits per heavy atom. The molecule has 40 heavy (non-hydrogen) atoms. The van der Waals surface area contributed by atoms with Crippen LogP contribution in [0.5, 0.6) is 0 Å². The minimum atomic E-state index is -0.659. The van der Waals surface area contributed by atoms with Gasteiger partial charge in [0.1, 0.15) is 18.0 Å². The molecule has 2 aliphatic rings. The molecule has 0 unspecified atom stereocenters. The number of nitrogens with zero attached hydrogens (tertiary/aromatic N) is 2. The highest BCUT2D eigenvalue weighted by Crippen LogP contribution is 2.27. The number of nitrogens with one attached hydrogen (secondary N) is 1. The molecule has 2 aromatic rings. The number of rotatable bonds is 6. The quantitative estimate of drug-likeness (QED) is 0.534. The average molecular weight is 554 g/mol. The molecule has 3 amide bonds. The molecule has 3 atom stereocenters. The zero-order chi connectivity index (χ0) is 28.7. The number of amides is 3. The molecular weight excluding hydrogens is 513 g/mol. The highest BCUT2D eigenvalue weighted by atomic mass is 19.1. The first kappa shape index (κ1) is 29.4. The second kappa shape index (κ2) is 13.2. The molecule has 0 bridgehead atoms. The predicted octanol–water partition coefficient (Wildman–Crippen LogP) is 5.16. The minimum Gasteiger partial charge on any atom is -0.445 e. The first-order valence-corrected chi connectivity index (χ1v) is 14.1. The van der Waals surface area contributed by atoms with Crippen LogP contribution in [0.25, 0.3) is 0 Å². The summed E-state index contributed by atoms with van der Waals surface area (Å²) in [7, 11) is 0. The summed E-state index contributed by atoms with van der Waals surface area (Å²) in [5, 5.41) is 2.90. The molecule has 9 heteroatoms. The SMILES string of the molecule is CC(C)(C)OC(=O)N1CC[C@@H](NC(=O)OCc2ccccc2)[C@@H](C(=O)N2CCC[C@@H](Cc3ccc(F)cc3)C2)C1. The van der Waals surface area contributed by atoms with Crippen molar-refractivity contribution in [3.63, 3.8) is 0 Å². The smallest absolute Gasteiger partial charge is 0.410 e. The molecule has 2 saturated heterocycles. The second-order valence-electron chi connectivity index (χ2n) is 11.8. The number of hydrogen-bond acceptors (Lipinski definition) is 5. The summed E-state index contributed by atoms with van der Waals surface area (Å²) in [4.78, 5) is 42.9. The molecule has 0 saturated carbocycles. The molecule has 2 heterocycles. The van der Waals surface area contributed by atoms with Crippen molar-refractivity contribution in [2.24, 2.45) is 11.8 Å². The Morgan fingerprint density at radius 3 is 2.35 bits per heavy atom. The number of halogens is 1. The van der Waals surface area contributed by atoms with Gasteiger partial charge in [-0.15, -0.1) is 0 Å². The summed E-state index contributed by atoms with van der Waals surface area (Å²) in [5.41, 5.74) is 1.24. The van der Waals surface area contributed by atoms with Gasteiger partial charge in [-0.3, -0.25) is 4.79 Å². The van der Waals surface area contributed by atoms with Gasteiger partial charge in [-0.1, -0.05) is 42.5 Å². The molecule has 8 nitrogen and oxygen atoms in total. The molecule has 0 radical (unpaired) electrons. The molecule has 1 N–H and O–H groups in total. The predicted molar refractivity (Wildman–Crippen MR) is 149 cm³/mol. The normalized spacial score (nSPS) is 21.4. The van der Waals surface area contributed by atoms with Gasteiger partial charge in [-0.05, 0) is 75.6 Å². The zero-order valence-electron chi connectivity index (χ0n) is 23.6. The Kier molecular flexibility index (Phi) is 9.66. The minimum absolute atomic E-state index is 0.0922. The number of hydrogen-bond donors (Lipinski definition) is 1. The Labute approximate surface area is 235 Å². The lowest BCUT2D eigenvalue weighted by molar-refractivity contribution is -0.140. The first-order chi connectivity index (χ1) is 19.1. The van der Waals surface area contributed by atoms with Gasteiger partial charge in [-0.25, -0.2) is 14.0 Å². The molecule has 2 aromatic carbocycles. The van der Waals surface area contributed by atoms with Crippen LogP contribution < -0.4 is 5.32 Å². The van der Waals surface area contributed by atoms with E-state index in [0.29, 0.717) is 26.1 Å². The fourth-order valence-corrected chi connectivity index (χ4v) is 5.40. The van der Waals surface area contributed by atoms with E-state index in [0.717, 1.165) is 30.4 Å². The van der Waals surface area contributed by atoms with E-state index >= 15 is 0 Å². The maximum absolute atomic E-state index is 13.9. The Hall–Kier alpha value is -3.62. The monoisotopic (exact) mass is 553 g/mol. The fraction of sp³-hybridized carbons (Fsp3) is 0.516. The molecule has 2 aliphatic heterocycles. The summed E-state index contributed by atoms with van der Waals surface area (Å²) in [5.74, 6) is -0.742. The summed E-state index contributed by atoms with van der Waals surface area (Å²) < 4.78 is 24.4. The standard InChI is InChI=1S/C31H40FN3O5/c1-31(2,3)40-30(38)35-17-15-27(33-29(37)39-21-23-8-5-4-6-9-23)26(20-35)28(36)34-16-7-10-24(19-34)18-22-11-13-25(32)14-12-22/h4-6,8-9,11-14,24,26-27H,7,10,15-21H2,1-3H3,(H,33,37)/t24-,26-,27+/m0/s1. The highest BCUT2D eigenvalue weighted by molar-refractivity contribution is 5.82. The van der Waals surface area contributed by atoms with Crippen LogP contribution in [-0.2, 0) is 27.3 Å². The number of carbonyl (C=O) groups excluding carboxylic acids is 3.